The monoisotopic (exact) mass is 388 g/mol. The van der Waals surface area contributed by atoms with Crippen molar-refractivity contribution in [2.24, 2.45) is 52.3 Å². The zero-order chi connectivity index (χ0) is 20.5. The van der Waals surface area contributed by atoms with Gasteiger partial charge in [0.25, 0.3) is 0 Å². The summed E-state index contributed by atoms with van der Waals surface area (Å²) >= 11 is 0. The van der Waals surface area contributed by atoms with Crippen molar-refractivity contribution in [3.8, 4) is 0 Å². The first-order chi connectivity index (χ1) is 13.4. The Morgan fingerprint density at radius 1 is 0.714 bits per heavy atom. The quantitative estimate of drug-likeness (QED) is 0.450. The average molecular weight is 389 g/mol. The van der Waals surface area contributed by atoms with Gasteiger partial charge in [-0.3, -0.25) is 0 Å². The molecule has 0 spiro atoms. The molecule has 0 radical (unpaired) electrons. The van der Waals surface area contributed by atoms with E-state index in [0.29, 0.717) is 10.8 Å². The van der Waals surface area contributed by atoms with Crippen LogP contribution in [0.3, 0.4) is 0 Å². The van der Waals surface area contributed by atoms with Gasteiger partial charge in [0.1, 0.15) is 0 Å². The SMILES string of the molecule is CC.CC(C)CCC(C)C1CCC2C3CCC4CCCCC4(C)C3CCC12C. The Morgan fingerprint density at radius 3 is 2.14 bits per heavy atom. The highest BCUT2D eigenvalue weighted by atomic mass is 14.6. The van der Waals surface area contributed by atoms with E-state index in [4.69, 9.17) is 0 Å². The summed E-state index contributed by atoms with van der Waals surface area (Å²) in [4.78, 5) is 0. The van der Waals surface area contributed by atoms with Crippen molar-refractivity contribution in [2.75, 3.05) is 0 Å². The van der Waals surface area contributed by atoms with Crippen LogP contribution < -0.4 is 0 Å². The smallest absolute Gasteiger partial charge is 0.0264 e. The second kappa shape index (κ2) is 9.01. The van der Waals surface area contributed by atoms with Gasteiger partial charge in [-0.1, -0.05) is 74.1 Å². The number of hydrogen-bond donors (Lipinski definition) is 0. The fraction of sp³-hybridized carbons (Fsp3) is 1.00. The molecule has 0 nitrogen and oxygen atoms in total. The molecule has 0 aromatic carbocycles. The van der Waals surface area contributed by atoms with E-state index in [0.717, 1.165) is 41.4 Å². The lowest BCUT2D eigenvalue weighted by molar-refractivity contribution is -0.114. The summed E-state index contributed by atoms with van der Waals surface area (Å²) in [6.45, 7) is 16.9. The third-order valence-electron chi connectivity index (χ3n) is 10.5. The van der Waals surface area contributed by atoms with E-state index in [1.165, 1.54) is 25.7 Å². The first-order valence-corrected chi connectivity index (χ1v) is 13.4. The average Bonchev–Trinajstić information content (AvgIpc) is 3.04. The molecule has 0 aromatic heterocycles. The minimum Gasteiger partial charge on any atom is -0.0683 e. The summed E-state index contributed by atoms with van der Waals surface area (Å²) in [6, 6.07) is 0. The molecule has 164 valence electrons. The van der Waals surface area contributed by atoms with E-state index >= 15 is 0 Å². The van der Waals surface area contributed by atoms with E-state index < -0.39 is 0 Å². The third kappa shape index (κ3) is 3.85. The fourth-order valence-corrected chi connectivity index (χ4v) is 9.07. The van der Waals surface area contributed by atoms with Gasteiger partial charge >= 0.3 is 0 Å². The molecule has 0 N–H and O–H groups in total. The predicted octanol–water partition coefficient (Wildman–Crippen LogP) is 9.13. The van der Waals surface area contributed by atoms with Gasteiger partial charge in [-0.2, -0.15) is 0 Å². The van der Waals surface area contributed by atoms with E-state index in [2.05, 4.69) is 34.6 Å². The highest BCUT2D eigenvalue weighted by Crippen LogP contribution is 2.68. The van der Waals surface area contributed by atoms with Gasteiger partial charge in [-0.15, -0.1) is 0 Å². The van der Waals surface area contributed by atoms with E-state index in [1.54, 1.807) is 51.4 Å². The summed E-state index contributed by atoms with van der Waals surface area (Å²) < 4.78 is 0. The molecule has 0 amide bonds. The van der Waals surface area contributed by atoms with Gasteiger partial charge in [0.05, 0.1) is 0 Å². The Labute approximate surface area is 178 Å². The van der Waals surface area contributed by atoms with Gasteiger partial charge in [0.2, 0.25) is 0 Å². The number of fused-ring (bicyclic) bond motifs is 5. The number of hydrogen-bond acceptors (Lipinski definition) is 0. The van der Waals surface area contributed by atoms with Gasteiger partial charge in [-0.05, 0) is 104 Å². The molecule has 28 heavy (non-hydrogen) atoms. The molecule has 0 aliphatic heterocycles. The third-order valence-corrected chi connectivity index (χ3v) is 10.5. The van der Waals surface area contributed by atoms with Gasteiger partial charge in [-0.25, -0.2) is 0 Å². The topological polar surface area (TPSA) is 0 Å². The highest BCUT2D eigenvalue weighted by molar-refractivity contribution is 5.09. The molecule has 4 rings (SSSR count). The fourth-order valence-electron chi connectivity index (χ4n) is 9.07. The Hall–Kier alpha value is 0. The van der Waals surface area contributed by atoms with Gasteiger partial charge < -0.3 is 0 Å². The Kier molecular flexibility index (Phi) is 7.30. The normalized spacial score (nSPS) is 46.1. The first-order valence-electron chi connectivity index (χ1n) is 13.4. The maximum atomic E-state index is 2.74. The minimum atomic E-state index is 0.676. The van der Waals surface area contributed by atoms with Crippen LogP contribution in [0.15, 0.2) is 0 Å². The van der Waals surface area contributed by atoms with E-state index in [1.807, 2.05) is 13.8 Å². The molecule has 4 aliphatic rings. The summed E-state index contributed by atoms with van der Waals surface area (Å²) in [5.74, 6) is 7.13. The maximum absolute atomic E-state index is 2.74. The lowest BCUT2D eigenvalue weighted by Gasteiger charge is -2.61. The maximum Gasteiger partial charge on any atom is -0.0264 e. The predicted molar refractivity (Wildman–Crippen MR) is 124 cm³/mol. The molecule has 0 aromatic rings. The molecule has 4 fully saturated rings. The summed E-state index contributed by atoms with van der Waals surface area (Å²) in [5, 5.41) is 0. The summed E-state index contributed by atoms with van der Waals surface area (Å²) in [5.41, 5.74) is 1.39. The van der Waals surface area contributed by atoms with Crippen molar-refractivity contribution in [2.45, 2.75) is 126 Å². The molecule has 0 heteroatoms. The van der Waals surface area contributed by atoms with Crippen molar-refractivity contribution in [3.05, 3.63) is 0 Å². The lowest BCUT2D eigenvalue weighted by Crippen LogP contribution is -2.53. The van der Waals surface area contributed by atoms with Gasteiger partial charge in [0, 0.05) is 0 Å². The van der Waals surface area contributed by atoms with Crippen LogP contribution in [-0.4, -0.2) is 0 Å². The highest BCUT2D eigenvalue weighted by Gasteiger charge is 2.59. The van der Waals surface area contributed by atoms with Crippen LogP contribution in [0.1, 0.15) is 126 Å². The molecule has 0 heterocycles. The van der Waals surface area contributed by atoms with E-state index in [-0.39, 0.29) is 0 Å². The standard InChI is InChI=1S/C26H46.C2H6/c1-18(2)9-10-19(3)22-13-14-23-21-12-11-20-8-6-7-16-25(20,4)24(21)15-17-26(22,23)5;1-2/h18-24H,6-17H2,1-5H3;1-2H3. The van der Waals surface area contributed by atoms with Crippen molar-refractivity contribution < 1.29 is 0 Å². The molecule has 4 aliphatic carbocycles. The van der Waals surface area contributed by atoms with Crippen molar-refractivity contribution in [1.82, 2.24) is 0 Å². The molecule has 0 bridgehead atoms. The Morgan fingerprint density at radius 2 is 1.43 bits per heavy atom. The van der Waals surface area contributed by atoms with Crippen LogP contribution in [0, 0.1) is 52.3 Å². The Balaban J connectivity index is 0.00000109. The lowest BCUT2D eigenvalue weighted by atomic mass is 9.44. The summed E-state index contributed by atoms with van der Waals surface area (Å²) in [6.07, 6.45) is 18.4. The van der Waals surface area contributed by atoms with Crippen LogP contribution in [0.2, 0.25) is 0 Å². The van der Waals surface area contributed by atoms with Crippen LogP contribution >= 0.6 is 0 Å². The molecule has 8 atom stereocenters. The number of rotatable bonds is 4. The van der Waals surface area contributed by atoms with Gasteiger partial charge in [0.15, 0.2) is 0 Å². The van der Waals surface area contributed by atoms with Crippen LogP contribution in [-0.2, 0) is 0 Å². The van der Waals surface area contributed by atoms with Crippen LogP contribution in [0.4, 0.5) is 0 Å². The zero-order valence-electron chi connectivity index (χ0n) is 20.5. The zero-order valence-corrected chi connectivity index (χ0v) is 20.5. The van der Waals surface area contributed by atoms with Crippen LogP contribution in [0.5, 0.6) is 0 Å². The van der Waals surface area contributed by atoms with Crippen LogP contribution in [0.25, 0.3) is 0 Å². The molecule has 8 unspecified atom stereocenters. The minimum absolute atomic E-state index is 0.676. The summed E-state index contributed by atoms with van der Waals surface area (Å²) in [7, 11) is 0. The molecule has 0 saturated heterocycles. The molecule has 4 saturated carbocycles. The first kappa shape index (κ1) is 22.7. The van der Waals surface area contributed by atoms with Crippen molar-refractivity contribution in [1.29, 1.82) is 0 Å². The second-order valence-electron chi connectivity index (χ2n) is 12.1. The van der Waals surface area contributed by atoms with Crippen molar-refractivity contribution >= 4 is 0 Å². The Bertz CT molecular complexity index is 492. The van der Waals surface area contributed by atoms with E-state index in [9.17, 15) is 0 Å². The molecular weight excluding hydrogens is 336 g/mol. The van der Waals surface area contributed by atoms with Crippen molar-refractivity contribution in [3.63, 3.8) is 0 Å². The largest absolute Gasteiger partial charge is 0.0683 e. The molecular formula is C28H52. The second-order valence-corrected chi connectivity index (χ2v) is 12.1.